The Morgan fingerprint density at radius 2 is 1.86 bits per heavy atom. The fourth-order valence-corrected chi connectivity index (χ4v) is 6.68. The zero-order chi connectivity index (χ0) is 31.2. The van der Waals surface area contributed by atoms with E-state index in [0.717, 1.165) is 52.1 Å². The number of primary sulfonamides is 1. The maximum absolute atomic E-state index is 14.9. The molecule has 1 aliphatic rings. The van der Waals surface area contributed by atoms with Gasteiger partial charge in [0.25, 0.3) is 0 Å². The van der Waals surface area contributed by atoms with E-state index >= 15 is 0 Å². The van der Waals surface area contributed by atoms with Gasteiger partial charge in [-0.1, -0.05) is 30.3 Å². The van der Waals surface area contributed by atoms with E-state index < -0.39 is 26.7 Å². The summed E-state index contributed by atoms with van der Waals surface area (Å²) in [7, 11) is -2.58. The quantitative estimate of drug-likeness (QED) is 0.192. The van der Waals surface area contributed by atoms with E-state index in [9.17, 15) is 22.7 Å². The zero-order valence-corrected chi connectivity index (χ0v) is 25.6. The molecule has 0 bridgehead atoms. The van der Waals surface area contributed by atoms with Gasteiger partial charge in [-0.15, -0.1) is 11.3 Å². The van der Waals surface area contributed by atoms with Crippen molar-refractivity contribution in [3.05, 3.63) is 99.9 Å². The SMILES string of the molecule is COc1ccc(-c2cccc(-c3nn(-c4nc(C(=O)O)cs4)c(CC4CC4)c3Cc3ccc(S(N)(=O)=O)c(F)c3)c2)cc1C. The summed E-state index contributed by atoms with van der Waals surface area (Å²) >= 11 is 1.18. The second-order valence-electron chi connectivity index (χ2n) is 10.9. The van der Waals surface area contributed by atoms with Gasteiger partial charge in [0.1, 0.15) is 16.5 Å². The Balaban J connectivity index is 1.52. The van der Waals surface area contributed by atoms with E-state index in [2.05, 4.69) is 11.1 Å². The van der Waals surface area contributed by atoms with E-state index in [1.165, 1.54) is 28.8 Å². The Hall–Kier alpha value is -4.39. The molecular weight excluding hydrogens is 604 g/mol. The van der Waals surface area contributed by atoms with Crippen LogP contribution in [0.1, 0.15) is 45.7 Å². The molecule has 3 N–H and O–H groups in total. The topological polar surface area (TPSA) is 137 Å². The van der Waals surface area contributed by atoms with Crippen molar-refractivity contribution in [2.24, 2.45) is 11.1 Å². The molecular formula is C32H29FN4O5S2. The predicted molar refractivity (Wildman–Crippen MR) is 165 cm³/mol. The van der Waals surface area contributed by atoms with Crippen LogP contribution >= 0.6 is 11.3 Å². The van der Waals surface area contributed by atoms with Crippen LogP contribution in [0, 0.1) is 18.7 Å². The molecule has 9 nitrogen and oxygen atoms in total. The second kappa shape index (κ2) is 11.6. The van der Waals surface area contributed by atoms with Crippen LogP contribution < -0.4 is 9.88 Å². The molecule has 1 saturated carbocycles. The van der Waals surface area contributed by atoms with Crippen LogP contribution in [-0.4, -0.2) is 41.4 Å². The van der Waals surface area contributed by atoms with E-state index in [1.807, 2.05) is 43.3 Å². The van der Waals surface area contributed by atoms with E-state index in [0.29, 0.717) is 28.7 Å². The van der Waals surface area contributed by atoms with Crippen molar-refractivity contribution < 1.29 is 27.4 Å². The van der Waals surface area contributed by atoms with Gasteiger partial charge in [0.15, 0.2) is 5.69 Å². The molecule has 0 radical (unpaired) electrons. The molecule has 1 aliphatic carbocycles. The standard InChI is InChI=1S/C32H29FN4O5S2/c1-18-12-22(9-10-28(18)42-2)21-4-3-5-23(16-21)30-24(13-20-8-11-29(25(33)14-20)44(34,40)41)27(15-19-6-7-19)37(36-30)32-35-26(17-43-32)31(38)39/h3-5,8-12,14,16-17,19H,6-7,13,15H2,1-2H3,(H,38,39)(H2,34,40,41). The van der Waals surface area contributed by atoms with Gasteiger partial charge in [-0.05, 0) is 84.7 Å². The Labute approximate surface area is 257 Å². The summed E-state index contributed by atoms with van der Waals surface area (Å²) < 4.78 is 45.7. The van der Waals surface area contributed by atoms with Gasteiger partial charge in [0.05, 0.1) is 18.5 Å². The molecule has 0 unspecified atom stereocenters. The molecule has 0 spiro atoms. The highest BCUT2D eigenvalue weighted by Crippen LogP contribution is 2.39. The van der Waals surface area contributed by atoms with E-state index in [1.54, 1.807) is 17.9 Å². The molecule has 2 heterocycles. The van der Waals surface area contributed by atoms with Crippen molar-refractivity contribution >= 4 is 27.3 Å². The highest BCUT2D eigenvalue weighted by molar-refractivity contribution is 7.89. The lowest BCUT2D eigenvalue weighted by Gasteiger charge is -2.11. The number of hydrogen-bond donors (Lipinski definition) is 2. The van der Waals surface area contributed by atoms with Crippen LogP contribution in [0.2, 0.25) is 0 Å². The molecule has 44 heavy (non-hydrogen) atoms. The minimum atomic E-state index is -4.22. The largest absolute Gasteiger partial charge is 0.496 e. The molecule has 0 aliphatic heterocycles. The molecule has 6 rings (SSSR count). The van der Waals surface area contributed by atoms with Crippen molar-refractivity contribution in [3.8, 4) is 33.3 Å². The fourth-order valence-electron chi connectivity index (χ4n) is 5.32. The second-order valence-corrected chi connectivity index (χ2v) is 13.3. The lowest BCUT2D eigenvalue weighted by molar-refractivity contribution is 0.0691. The highest BCUT2D eigenvalue weighted by atomic mass is 32.2. The number of carbonyl (C=O) groups is 1. The summed E-state index contributed by atoms with van der Waals surface area (Å²) in [4.78, 5) is 15.4. The molecule has 226 valence electrons. The number of sulfonamides is 1. The third kappa shape index (κ3) is 6.01. The van der Waals surface area contributed by atoms with Gasteiger partial charge in [0.2, 0.25) is 15.2 Å². The number of hydrogen-bond acceptors (Lipinski definition) is 7. The molecule has 12 heteroatoms. The summed E-state index contributed by atoms with van der Waals surface area (Å²) in [5, 5.41) is 21.6. The lowest BCUT2D eigenvalue weighted by Crippen LogP contribution is -2.14. The van der Waals surface area contributed by atoms with Crippen LogP contribution in [0.25, 0.3) is 27.5 Å². The Morgan fingerprint density at radius 3 is 2.50 bits per heavy atom. The summed E-state index contributed by atoms with van der Waals surface area (Å²) in [6.07, 6.45) is 3.05. The Kier molecular flexibility index (Phi) is 7.82. The third-order valence-corrected chi connectivity index (χ3v) is 9.47. The summed E-state index contributed by atoms with van der Waals surface area (Å²) in [6, 6.07) is 17.8. The van der Waals surface area contributed by atoms with Crippen molar-refractivity contribution in [3.63, 3.8) is 0 Å². The summed E-state index contributed by atoms with van der Waals surface area (Å²) in [5.74, 6) is -0.825. The number of carboxylic acid groups (broad SMARTS) is 1. The number of methoxy groups -OCH3 is 1. The van der Waals surface area contributed by atoms with Gasteiger partial charge < -0.3 is 9.84 Å². The van der Waals surface area contributed by atoms with Crippen molar-refractivity contribution in [1.82, 2.24) is 14.8 Å². The number of thiazole rings is 1. The maximum atomic E-state index is 14.9. The number of aryl methyl sites for hydroxylation is 1. The molecule has 0 saturated heterocycles. The van der Waals surface area contributed by atoms with Gasteiger partial charge in [-0.2, -0.15) is 5.10 Å². The first-order chi connectivity index (χ1) is 21.0. The fraction of sp³-hybridized carbons (Fsp3) is 0.219. The molecule has 0 amide bonds. The maximum Gasteiger partial charge on any atom is 0.355 e. The van der Waals surface area contributed by atoms with Crippen LogP contribution in [0.4, 0.5) is 4.39 Å². The normalized spacial score (nSPS) is 13.3. The molecule has 0 atom stereocenters. The first-order valence-corrected chi connectivity index (χ1v) is 16.3. The first-order valence-electron chi connectivity index (χ1n) is 13.9. The van der Waals surface area contributed by atoms with E-state index in [-0.39, 0.29) is 12.1 Å². The average molecular weight is 633 g/mol. The van der Waals surface area contributed by atoms with Gasteiger partial charge in [0, 0.05) is 22.9 Å². The van der Waals surface area contributed by atoms with Gasteiger partial charge >= 0.3 is 5.97 Å². The van der Waals surface area contributed by atoms with Gasteiger partial charge in [-0.3, -0.25) is 0 Å². The van der Waals surface area contributed by atoms with E-state index in [4.69, 9.17) is 15.0 Å². The number of aromatic carboxylic acids is 1. The van der Waals surface area contributed by atoms with Gasteiger partial charge in [-0.25, -0.2) is 32.4 Å². The number of benzene rings is 3. The summed E-state index contributed by atoms with van der Waals surface area (Å²) in [6.45, 7) is 1.98. The van der Waals surface area contributed by atoms with Crippen LogP contribution in [0.15, 0.2) is 70.9 Å². The Morgan fingerprint density at radius 1 is 1.11 bits per heavy atom. The van der Waals surface area contributed by atoms with Crippen molar-refractivity contribution in [1.29, 1.82) is 0 Å². The first kappa shape index (κ1) is 29.7. The smallest absolute Gasteiger partial charge is 0.355 e. The molecule has 5 aromatic rings. The van der Waals surface area contributed by atoms with Crippen LogP contribution in [-0.2, 0) is 22.9 Å². The lowest BCUT2D eigenvalue weighted by atomic mass is 9.95. The monoisotopic (exact) mass is 632 g/mol. The summed E-state index contributed by atoms with van der Waals surface area (Å²) in [5.41, 5.74) is 6.58. The number of ether oxygens (including phenoxy) is 1. The number of halogens is 1. The predicted octanol–water partition coefficient (Wildman–Crippen LogP) is 6.01. The Bertz CT molecular complexity index is 2010. The average Bonchev–Trinajstić information content (AvgIpc) is 3.54. The molecule has 2 aromatic heterocycles. The minimum absolute atomic E-state index is 0.0708. The highest BCUT2D eigenvalue weighted by Gasteiger charge is 2.29. The zero-order valence-electron chi connectivity index (χ0n) is 24.0. The third-order valence-electron chi connectivity index (χ3n) is 7.71. The number of carboxylic acids is 1. The van der Waals surface area contributed by atoms with Crippen molar-refractivity contribution in [2.75, 3.05) is 7.11 Å². The number of nitrogens with zero attached hydrogens (tertiary/aromatic N) is 3. The van der Waals surface area contributed by atoms with Crippen LogP contribution in [0.5, 0.6) is 5.75 Å². The van der Waals surface area contributed by atoms with Crippen LogP contribution in [0.3, 0.4) is 0 Å². The molecule has 3 aromatic carbocycles. The molecule has 1 fully saturated rings. The minimum Gasteiger partial charge on any atom is -0.496 e. The number of aromatic nitrogens is 3. The number of nitrogens with two attached hydrogens (primary N) is 1. The van der Waals surface area contributed by atoms with Crippen molar-refractivity contribution in [2.45, 2.75) is 37.5 Å². The number of rotatable bonds is 10.